The van der Waals surface area contributed by atoms with Gasteiger partial charge in [-0.3, -0.25) is 4.79 Å². The number of carbonyl (C=O) groups is 1. The van der Waals surface area contributed by atoms with Crippen LogP contribution in [-0.2, 0) is 6.54 Å². The average Bonchev–Trinajstić information content (AvgIpc) is 2.73. The molecule has 0 fully saturated rings. The van der Waals surface area contributed by atoms with Gasteiger partial charge >= 0.3 is 0 Å². The third kappa shape index (κ3) is 4.56. The highest BCUT2D eigenvalue weighted by Crippen LogP contribution is 2.25. The summed E-state index contributed by atoms with van der Waals surface area (Å²) in [6.07, 6.45) is 1.35. The number of nitrogens with one attached hydrogen (secondary N) is 2. The van der Waals surface area contributed by atoms with E-state index in [1.165, 1.54) is 6.33 Å². The van der Waals surface area contributed by atoms with E-state index < -0.39 is 0 Å². The van der Waals surface area contributed by atoms with E-state index in [4.69, 9.17) is 9.47 Å². The molecule has 1 heterocycles. The Morgan fingerprint density at radius 2 is 1.79 bits per heavy atom. The number of carbonyl (C=O) groups excluding carboxylic acids is 1. The molecule has 0 atom stereocenters. The topological polar surface area (TPSA) is 85.4 Å². The molecular weight excluding hydrogens is 356 g/mol. The zero-order valence-electron chi connectivity index (χ0n) is 16.0. The van der Waals surface area contributed by atoms with Gasteiger partial charge in [0, 0.05) is 18.2 Å². The summed E-state index contributed by atoms with van der Waals surface area (Å²) in [6.45, 7) is 2.45. The van der Waals surface area contributed by atoms with Gasteiger partial charge in [-0.1, -0.05) is 24.3 Å². The Morgan fingerprint density at radius 3 is 2.57 bits per heavy atom. The number of anilines is 2. The Labute approximate surface area is 163 Å². The van der Waals surface area contributed by atoms with Crippen LogP contribution in [0.25, 0.3) is 0 Å². The molecule has 7 nitrogen and oxygen atoms in total. The van der Waals surface area contributed by atoms with Crippen LogP contribution in [0, 0.1) is 6.92 Å². The van der Waals surface area contributed by atoms with Gasteiger partial charge in [0.25, 0.3) is 5.91 Å². The second-order valence-corrected chi connectivity index (χ2v) is 6.11. The van der Waals surface area contributed by atoms with Crippen molar-refractivity contribution in [1.82, 2.24) is 9.97 Å². The van der Waals surface area contributed by atoms with E-state index in [0.29, 0.717) is 23.8 Å². The summed E-state index contributed by atoms with van der Waals surface area (Å²) < 4.78 is 10.6. The van der Waals surface area contributed by atoms with Crippen LogP contribution >= 0.6 is 0 Å². The summed E-state index contributed by atoms with van der Waals surface area (Å²) in [6, 6.07) is 14.9. The number of benzene rings is 2. The van der Waals surface area contributed by atoms with E-state index in [-0.39, 0.29) is 11.6 Å². The van der Waals surface area contributed by atoms with Crippen LogP contribution in [-0.4, -0.2) is 30.1 Å². The SMILES string of the molecule is COc1ccccc1CNc1cc(C(=O)Nc2cc(C)ccc2OC)ncn1. The number of amides is 1. The van der Waals surface area contributed by atoms with Gasteiger partial charge in [-0.2, -0.15) is 0 Å². The van der Waals surface area contributed by atoms with Gasteiger partial charge in [0.1, 0.15) is 29.3 Å². The summed E-state index contributed by atoms with van der Waals surface area (Å²) in [4.78, 5) is 20.9. The van der Waals surface area contributed by atoms with E-state index in [2.05, 4.69) is 20.6 Å². The molecule has 2 N–H and O–H groups in total. The largest absolute Gasteiger partial charge is 0.496 e. The van der Waals surface area contributed by atoms with Crippen molar-refractivity contribution in [3.8, 4) is 11.5 Å². The van der Waals surface area contributed by atoms with Crippen molar-refractivity contribution in [2.45, 2.75) is 13.5 Å². The van der Waals surface area contributed by atoms with Crippen molar-refractivity contribution in [2.24, 2.45) is 0 Å². The Hall–Kier alpha value is -3.61. The molecule has 1 amide bonds. The van der Waals surface area contributed by atoms with Crippen LogP contribution in [0.15, 0.2) is 54.9 Å². The lowest BCUT2D eigenvalue weighted by molar-refractivity contribution is 0.102. The minimum Gasteiger partial charge on any atom is -0.496 e. The first kappa shape index (κ1) is 19.2. The number of rotatable bonds is 7. The van der Waals surface area contributed by atoms with Crippen LogP contribution in [0.1, 0.15) is 21.6 Å². The van der Waals surface area contributed by atoms with E-state index in [9.17, 15) is 4.79 Å². The molecule has 0 saturated carbocycles. The molecule has 28 heavy (non-hydrogen) atoms. The molecule has 1 aromatic heterocycles. The van der Waals surface area contributed by atoms with Crippen molar-refractivity contribution in [3.05, 3.63) is 71.7 Å². The molecule has 0 bridgehead atoms. The zero-order valence-corrected chi connectivity index (χ0v) is 16.0. The van der Waals surface area contributed by atoms with Crippen molar-refractivity contribution in [3.63, 3.8) is 0 Å². The Bertz CT molecular complexity index is 975. The normalized spacial score (nSPS) is 10.2. The molecule has 0 saturated heterocycles. The number of hydrogen-bond donors (Lipinski definition) is 2. The lowest BCUT2D eigenvalue weighted by atomic mass is 10.2. The van der Waals surface area contributed by atoms with Crippen LogP contribution in [0.3, 0.4) is 0 Å². The third-order valence-corrected chi connectivity index (χ3v) is 4.16. The molecule has 3 rings (SSSR count). The van der Waals surface area contributed by atoms with E-state index >= 15 is 0 Å². The second kappa shape index (κ2) is 8.85. The summed E-state index contributed by atoms with van der Waals surface area (Å²) in [5.41, 5.74) is 2.84. The maximum absolute atomic E-state index is 12.6. The molecule has 0 aliphatic carbocycles. The Kier molecular flexibility index (Phi) is 6.06. The first-order valence-electron chi connectivity index (χ1n) is 8.74. The van der Waals surface area contributed by atoms with Crippen LogP contribution in [0.4, 0.5) is 11.5 Å². The van der Waals surface area contributed by atoms with Gasteiger partial charge in [0.15, 0.2) is 0 Å². The molecule has 0 spiro atoms. The first-order valence-corrected chi connectivity index (χ1v) is 8.74. The molecular formula is C21H22N4O3. The summed E-state index contributed by atoms with van der Waals surface area (Å²) >= 11 is 0. The van der Waals surface area contributed by atoms with Gasteiger partial charge in [-0.15, -0.1) is 0 Å². The molecule has 0 aliphatic rings. The fourth-order valence-corrected chi connectivity index (χ4v) is 2.72. The number of aromatic nitrogens is 2. The molecule has 0 aliphatic heterocycles. The number of methoxy groups -OCH3 is 2. The highest BCUT2D eigenvalue weighted by Gasteiger charge is 2.12. The third-order valence-electron chi connectivity index (χ3n) is 4.16. The fourth-order valence-electron chi connectivity index (χ4n) is 2.72. The molecule has 144 valence electrons. The van der Waals surface area contributed by atoms with E-state index in [1.807, 2.05) is 49.4 Å². The van der Waals surface area contributed by atoms with Crippen molar-refractivity contribution in [2.75, 3.05) is 24.9 Å². The molecule has 2 aromatic carbocycles. The lowest BCUT2D eigenvalue weighted by Gasteiger charge is -2.12. The van der Waals surface area contributed by atoms with Gasteiger partial charge in [-0.05, 0) is 30.7 Å². The second-order valence-electron chi connectivity index (χ2n) is 6.11. The van der Waals surface area contributed by atoms with Crippen molar-refractivity contribution < 1.29 is 14.3 Å². The van der Waals surface area contributed by atoms with Crippen LogP contribution < -0.4 is 20.1 Å². The maximum atomic E-state index is 12.6. The monoisotopic (exact) mass is 378 g/mol. The predicted molar refractivity (Wildman–Crippen MR) is 108 cm³/mol. The van der Waals surface area contributed by atoms with Gasteiger partial charge < -0.3 is 20.1 Å². The number of nitrogens with zero attached hydrogens (tertiary/aromatic N) is 2. The first-order chi connectivity index (χ1) is 13.6. The van der Waals surface area contributed by atoms with E-state index in [1.54, 1.807) is 20.3 Å². The van der Waals surface area contributed by atoms with Gasteiger partial charge in [0.2, 0.25) is 0 Å². The predicted octanol–water partition coefficient (Wildman–Crippen LogP) is 3.67. The maximum Gasteiger partial charge on any atom is 0.274 e. The minimum absolute atomic E-state index is 0.251. The number of ether oxygens (including phenoxy) is 2. The lowest BCUT2D eigenvalue weighted by Crippen LogP contribution is -2.15. The van der Waals surface area contributed by atoms with Crippen LogP contribution in [0.2, 0.25) is 0 Å². The number of para-hydroxylation sites is 1. The number of hydrogen-bond acceptors (Lipinski definition) is 6. The molecule has 3 aromatic rings. The van der Waals surface area contributed by atoms with Crippen molar-refractivity contribution >= 4 is 17.4 Å². The summed E-state index contributed by atoms with van der Waals surface area (Å²) in [7, 11) is 3.19. The average molecular weight is 378 g/mol. The summed E-state index contributed by atoms with van der Waals surface area (Å²) in [5, 5.41) is 6.03. The summed E-state index contributed by atoms with van der Waals surface area (Å²) in [5.74, 6) is 1.57. The van der Waals surface area contributed by atoms with Gasteiger partial charge in [-0.25, -0.2) is 9.97 Å². The smallest absolute Gasteiger partial charge is 0.274 e. The molecule has 7 heteroatoms. The standard InChI is InChI=1S/C21H22N4O3/c1-14-8-9-19(28-3)16(10-14)25-21(26)17-11-20(24-13-23-17)22-12-15-6-4-5-7-18(15)27-2/h4-11,13H,12H2,1-3H3,(H,25,26)(H,22,23,24). The number of aryl methyl sites for hydroxylation is 1. The zero-order chi connectivity index (χ0) is 19.9. The highest BCUT2D eigenvalue weighted by molar-refractivity contribution is 6.04. The highest BCUT2D eigenvalue weighted by atomic mass is 16.5. The fraction of sp³-hybridized carbons (Fsp3) is 0.190. The molecule has 0 radical (unpaired) electrons. The Morgan fingerprint density at radius 1 is 1.00 bits per heavy atom. The van der Waals surface area contributed by atoms with Crippen molar-refractivity contribution in [1.29, 1.82) is 0 Å². The van der Waals surface area contributed by atoms with Crippen LogP contribution in [0.5, 0.6) is 11.5 Å². The van der Waals surface area contributed by atoms with Gasteiger partial charge in [0.05, 0.1) is 19.9 Å². The quantitative estimate of drug-likeness (QED) is 0.653. The minimum atomic E-state index is -0.341. The molecule has 0 unspecified atom stereocenters. The Balaban J connectivity index is 1.72. The van der Waals surface area contributed by atoms with E-state index in [0.717, 1.165) is 16.9 Å².